The molecule has 1 fully saturated rings. The number of piperazine rings is 1. The van der Waals surface area contributed by atoms with E-state index in [1.165, 1.54) is 5.69 Å². The third-order valence-electron chi connectivity index (χ3n) is 4.68. The Kier molecular flexibility index (Phi) is 4.79. The second kappa shape index (κ2) is 6.99. The van der Waals surface area contributed by atoms with Crippen LogP contribution in [-0.2, 0) is 6.42 Å². The highest BCUT2D eigenvalue weighted by atomic mass is 16.5. The fourth-order valence-corrected chi connectivity index (χ4v) is 3.21. The van der Waals surface area contributed by atoms with Gasteiger partial charge in [0.1, 0.15) is 11.4 Å². The highest BCUT2D eigenvalue weighted by Gasteiger charge is 2.28. The van der Waals surface area contributed by atoms with Gasteiger partial charge in [0.2, 0.25) is 0 Å². The van der Waals surface area contributed by atoms with Gasteiger partial charge in [0, 0.05) is 37.1 Å². The van der Waals surface area contributed by atoms with Crippen LogP contribution in [0.15, 0.2) is 36.4 Å². The molecule has 1 aliphatic rings. The Hall–Kier alpha value is -2.43. The molecule has 24 heavy (non-hydrogen) atoms. The largest absolute Gasteiger partial charge is 0.497 e. The number of carbonyl (C=O) groups excluding carboxylic acids is 1. The zero-order valence-electron chi connectivity index (χ0n) is 14.6. The van der Waals surface area contributed by atoms with Crippen LogP contribution in [-0.4, -0.2) is 48.6 Å². The summed E-state index contributed by atoms with van der Waals surface area (Å²) in [5.74, 6) is 0.954. The van der Waals surface area contributed by atoms with E-state index >= 15 is 0 Å². The number of anilines is 1. The Balaban J connectivity index is 1.67. The lowest BCUT2D eigenvalue weighted by atomic mass is 10.1. The lowest BCUT2D eigenvalue weighted by Crippen LogP contribution is -2.54. The van der Waals surface area contributed by atoms with Crippen molar-refractivity contribution in [2.75, 3.05) is 31.6 Å². The van der Waals surface area contributed by atoms with Crippen molar-refractivity contribution < 1.29 is 9.53 Å². The first kappa shape index (κ1) is 16.4. The van der Waals surface area contributed by atoms with Crippen molar-refractivity contribution in [3.63, 3.8) is 0 Å². The van der Waals surface area contributed by atoms with Crippen LogP contribution in [0.2, 0.25) is 0 Å². The number of aromatic amines is 1. The lowest BCUT2D eigenvalue weighted by Gasteiger charge is -2.40. The van der Waals surface area contributed by atoms with E-state index in [2.05, 4.69) is 35.9 Å². The van der Waals surface area contributed by atoms with Crippen LogP contribution in [0, 0.1) is 0 Å². The maximum Gasteiger partial charge on any atom is 0.270 e. The van der Waals surface area contributed by atoms with Gasteiger partial charge in [-0.1, -0.05) is 6.92 Å². The van der Waals surface area contributed by atoms with Gasteiger partial charge < -0.3 is 19.5 Å². The molecule has 0 radical (unpaired) electrons. The average Bonchev–Trinajstić information content (AvgIpc) is 3.10. The van der Waals surface area contributed by atoms with Gasteiger partial charge in [-0.25, -0.2) is 0 Å². The average molecular weight is 327 g/mol. The molecule has 1 N–H and O–H groups in total. The minimum absolute atomic E-state index is 0.0941. The van der Waals surface area contributed by atoms with Gasteiger partial charge in [-0.15, -0.1) is 0 Å². The molecule has 3 rings (SSSR count). The third kappa shape index (κ3) is 3.25. The summed E-state index contributed by atoms with van der Waals surface area (Å²) in [6, 6.07) is 12.1. The predicted octanol–water partition coefficient (Wildman–Crippen LogP) is 2.94. The number of ether oxygens (including phenoxy) is 1. The van der Waals surface area contributed by atoms with Crippen LogP contribution >= 0.6 is 0 Å². The molecule has 5 heteroatoms. The van der Waals surface area contributed by atoms with E-state index in [0.717, 1.165) is 37.5 Å². The Morgan fingerprint density at radius 1 is 1.21 bits per heavy atom. The number of hydrogen-bond donors (Lipinski definition) is 1. The first-order valence-corrected chi connectivity index (χ1v) is 8.50. The number of methoxy groups -OCH3 is 1. The summed E-state index contributed by atoms with van der Waals surface area (Å²) < 4.78 is 5.21. The molecular formula is C19H25N3O2. The van der Waals surface area contributed by atoms with Gasteiger partial charge in [0.05, 0.1) is 7.11 Å². The first-order chi connectivity index (χ1) is 11.6. The molecule has 1 aromatic carbocycles. The maximum absolute atomic E-state index is 12.7. The van der Waals surface area contributed by atoms with Crippen molar-refractivity contribution in [2.24, 2.45) is 0 Å². The smallest absolute Gasteiger partial charge is 0.270 e. The number of nitrogens with zero attached hydrogens (tertiary/aromatic N) is 2. The second-order valence-electron chi connectivity index (χ2n) is 6.24. The molecule has 2 heterocycles. The van der Waals surface area contributed by atoms with E-state index < -0.39 is 0 Å². The summed E-state index contributed by atoms with van der Waals surface area (Å²) in [6.45, 7) is 6.59. The summed E-state index contributed by atoms with van der Waals surface area (Å²) in [4.78, 5) is 20.2. The van der Waals surface area contributed by atoms with Crippen molar-refractivity contribution in [1.82, 2.24) is 9.88 Å². The highest BCUT2D eigenvalue weighted by Crippen LogP contribution is 2.23. The van der Waals surface area contributed by atoms with E-state index in [0.29, 0.717) is 5.69 Å². The van der Waals surface area contributed by atoms with E-state index in [4.69, 9.17) is 4.74 Å². The number of amides is 1. The van der Waals surface area contributed by atoms with Crippen molar-refractivity contribution in [1.29, 1.82) is 0 Å². The number of nitrogens with one attached hydrogen (secondary N) is 1. The highest BCUT2D eigenvalue weighted by molar-refractivity contribution is 5.93. The molecule has 1 saturated heterocycles. The standard InChI is InChI=1S/C19H25N3O2/c1-4-15-5-10-18(20-15)19(23)22-12-11-21(13-14(22)2)16-6-8-17(24-3)9-7-16/h5-10,14,20H,4,11-13H2,1-3H3/t14-/m1/s1. The monoisotopic (exact) mass is 327 g/mol. The van der Waals surface area contributed by atoms with Crippen molar-refractivity contribution in [2.45, 2.75) is 26.3 Å². The molecule has 1 atom stereocenters. The number of benzene rings is 1. The number of H-pyrrole nitrogens is 1. The minimum Gasteiger partial charge on any atom is -0.497 e. The Morgan fingerprint density at radius 3 is 2.54 bits per heavy atom. The Morgan fingerprint density at radius 2 is 1.96 bits per heavy atom. The Labute approximate surface area is 143 Å². The van der Waals surface area contributed by atoms with Crippen molar-refractivity contribution >= 4 is 11.6 Å². The lowest BCUT2D eigenvalue weighted by molar-refractivity contribution is 0.0668. The van der Waals surface area contributed by atoms with Gasteiger partial charge in [-0.05, 0) is 49.7 Å². The van der Waals surface area contributed by atoms with Gasteiger partial charge in [-0.3, -0.25) is 4.79 Å². The molecule has 0 saturated carbocycles. The molecule has 0 aliphatic carbocycles. The summed E-state index contributed by atoms with van der Waals surface area (Å²) >= 11 is 0. The maximum atomic E-state index is 12.7. The molecule has 1 amide bonds. The van der Waals surface area contributed by atoms with Crippen molar-refractivity contribution in [3.8, 4) is 5.75 Å². The van der Waals surface area contributed by atoms with Crippen LogP contribution in [0.4, 0.5) is 5.69 Å². The molecule has 5 nitrogen and oxygen atoms in total. The van der Waals surface area contributed by atoms with E-state index in [1.54, 1.807) is 7.11 Å². The summed E-state index contributed by atoms with van der Waals surface area (Å²) in [6.07, 6.45) is 0.911. The van der Waals surface area contributed by atoms with Crippen LogP contribution < -0.4 is 9.64 Å². The van der Waals surface area contributed by atoms with E-state index in [-0.39, 0.29) is 11.9 Å². The first-order valence-electron chi connectivity index (χ1n) is 8.50. The van der Waals surface area contributed by atoms with Gasteiger partial charge in [0.25, 0.3) is 5.91 Å². The van der Waals surface area contributed by atoms with Crippen LogP contribution in [0.25, 0.3) is 0 Å². The second-order valence-corrected chi connectivity index (χ2v) is 6.24. The zero-order chi connectivity index (χ0) is 17.1. The molecule has 1 aliphatic heterocycles. The number of carbonyl (C=O) groups is 1. The van der Waals surface area contributed by atoms with E-state index in [9.17, 15) is 4.79 Å². The Bertz CT molecular complexity index is 693. The minimum atomic E-state index is 0.0941. The van der Waals surface area contributed by atoms with Gasteiger partial charge >= 0.3 is 0 Å². The number of aromatic nitrogens is 1. The fraction of sp³-hybridized carbons (Fsp3) is 0.421. The molecular weight excluding hydrogens is 302 g/mol. The molecule has 128 valence electrons. The topological polar surface area (TPSA) is 48.6 Å². The van der Waals surface area contributed by atoms with Gasteiger partial charge in [-0.2, -0.15) is 0 Å². The zero-order valence-corrected chi connectivity index (χ0v) is 14.6. The van der Waals surface area contributed by atoms with Crippen LogP contribution in [0.3, 0.4) is 0 Å². The fourth-order valence-electron chi connectivity index (χ4n) is 3.21. The van der Waals surface area contributed by atoms with Crippen LogP contribution in [0.5, 0.6) is 5.75 Å². The number of hydrogen-bond acceptors (Lipinski definition) is 3. The third-order valence-corrected chi connectivity index (χ3v) is 4.68. The number of rotatable bonds is 4. The molecule has 1 aromatic heterocycles. The van der Waals surface area contributed by atoms with Gasteiger partial charge in [0.15, 0.2) is 0 Å². The summed E-state index contributed by atoms with van der Waals surface area (Å²) in [5.41, 5.74) is 2.96. The predicted molar refractivity (Wildman–Crippen MR) is 95.9 cm³/mol. The number of aryl methyl sites for hydroxylation is 1. The SMILES string of the molecule is CCc1ccc(C(=O)N2CCN(c3ccc(OC)cc3)C[C@H]2C)[nH]1. The van der Waals surface area contributed by atoms with E-state index in [1.807, 2.05) is 29.2 Å². The summed E-state index contributed by atoms with van der Waals surface area (Å²) in [5, 5.41) is 0. The molecule has 0 spiro atoms. The van der Waals surface area contributed by atoms with Crippen molar-refractivity contribution in [3.05, 3.63) is 47.8 Å². The normalized spacial score (nSPS) is 17.9. The molecule has 0 bridgehead atoms. The summed E-state index contributed by atoms with van der Waals surface area (Å²) in [7, 11) is 1.67. The quantitative estimate of drug-likeness (QED) is 0.939. The molecule has 0 unspecified atom stereocenters. The molecule has 2 aromatic rings. The van der Waals surface area contributed by atoms with Crippen LogP contribution in [0.1, 0.15) is 30.0 Å².